The fourth-order valence-corrected chi connectivity index (χ4v) is 4.62. The van der Waals surface area contributed by atoms with E-state index in [1.807, 2.05) is 0 Å². The third kappa shape index (κ3) is 3.34. The van der Waals surface area contributed by atoms with Gasteiger partial charge in [-0.05, 0) is 37.5 Å². The normalized spacial score (nSPS) is 18.3. The van der Waals surface area contributed by atoms with E-state index in [1.54, 1.807) is 6.92 Å². The maximum Gasteiger partial charge on any atom is 0.243 e. The summed E-state index contributed by atoms with van der Waals surface area (Å²) in [5, 5.41) is 10.7. The number of nitrogens with two attached hydrogens (primary N) is 1. The Labute approximate surface area is 130 Å². The maximum absolute atomic E-state index is 12.7. The second-order valence-electron chi connectivity index (χ2n) is 5.81. The molecular weight excluding hydrogens is 312 g/mol. The largest absolute Gasteiger partial charge is 0.398 e. The molecule has 0 bridgehead atoms. The maximum atomic E-state index is 12.7. The van der Waals surface area contributed by atoms with Gasteiger partial charge < -0.3 is 10.8 Å². The number of likely N-dealkylation sites (N-methyl/N-ethyl adjacent to an activating group) is 1. The molecule has 118 valence electrons. The average Bonchev–Trinajstić information content (AvgIpc) is 2.80. The monoisotopic (exact) mass is 332 g/mol. The molecule has 1 aliphatic carbocycles. The number of hydrogen-bond donors (Lipinski definition) is 2. The molecule has 0 atom stereocenters. The summed E-state index contributed by atoms with van der Waals surface area (Å²) >= 11 is 5.92. The van der Waals surface area contributed by atoms with Crippen molar-refractivity contribution in [2.45, 2.75) is 43.1 Å². The van der Waals surface area contributed by atoms with Crippen molar-refractivity contribution >= 4 is 27.3 Å². The molecule has 1 aromatic carbocycles. The van der Waals surface area contributed by atoms with E-state index in [2.05, 4.69) is 0 Å². The highest BCUT2D eigenvalue weighted by atomic mass is 35.5. The van der Waals surface area contributed by atoms with Gasteiger partial charge in [0.2, 0.25) is 10.0 Å². The number of sulfonamides is 1. The van der Waals surface area contributed by atoms with E-state index in [4.69, 9.17) is 17.3 Å². The summed E-state index contributed by atoms with van der Waals surface area (Å²) in [4.78, 5) is 0.0941. The minimum absolute atomic E-state index is 0.0845. The predicted molar refractivity (Wildman–Crippen MR) is 83.8 cm³/mol. The molecule has 0 aromatic heterocycles. The van der Waals surface area contributed by atoms with Crippen molar-refractivity contribution in [3.05, 3.63) is 22.7 Å². The standard InChI is InChI=1S/C14H21ClN2O3S/c1-10-12(16)7-11(15)8-13(10)21(19,20)17(2)9-14(18)5-3-4-6-14/h7-8,18H,3-6,9,16H2,1-2H3. The molecule has 0 unspecified atom stereocenters. The molecule has 0 aliphatic heterocycles. The van der Waals surface area contributed by atoms with Gasteiger partial charge in [0.25, 0.3) is 0 Å². The second kappa shape index (κ2) is 5.76. The summed E-state index contributed by atoms with van der Waals surface area (Å²) < 4.78 is 26.6. The molecule has 2 rings (SSSR count). The zero-order chi connectivity index (χ0) is 15.8. The van der Waals surface area contributed by atoms with Crippen molar-refractivity contribution in [2.24, 2.45) is 0 Å². The van der Waals surface area contributed by atoms with Crippen LogP contribution >= 0.6 is 11.6 Å². The second-order valence-corrected chi connectivity index (χ2v) is 8.26. The highest BCUT2D eigenvalue weighted by Crippen LogP contribution is 2.33. The van der Waals surface area contributed by atoms with Crippen LogP contribution in [-0.4, -0.2) is 37.0 Å². The summed E-state index contributed by atoms with van der Waals surface area (Å²) in [7, 11) is -2.26. The lowest BCUT2D eigenvalue weighted by Gasteiger charge is -2.28. The lowest BCUT2D eigenvalue weighted by atomic mass is 10.0. The molecule has 0 heterocycles. The number of anilines is 1. The summed E-state index contributed by atoms with van der Waals surface area (Å²) in [5.74, 6) is 0. The zero-order valence-electron chi connectivity index (χ0n) is 12.3. The van der Waals surface area contributed by atoms with Crippen LogP contribution in [0.2, 0.25) is 5.02 Å². The van der Waals surface area contributed by atoms with Gasteiger partial charge in [-0.25, -0.2) is 8.42 Å². The van der Waals surface area contributed by atoms with Crippen molar-refractivity contribution in [3.8, 4) is 0 Å². The predicted octanol–water partition coefficient (Wildman–Crippen LogP) is 2.16. The van der Waals surface area contributed by atoms with Crippen molar-refractivity contribution in [3.63, 3.8) is 0 Å². The first kappa shape index (κ1) is 16.5. The van der Waals surface area contributed by atoms with Gasteiger partial charge in [-0.15, -0.1) is 0 Å². The first-order valence-corrected chi connectivity index (χ1v) is 8.72. The molecule has 1 aliphatic rings. The Morgan fingerprint density at radius 1 is 1.38 bits per heavy atom. The third-order valence-electron chi connectivity index (χ3n) is 4.10. The van der Waals surface area contributed by atoms with E-state index in [0.717, 1.165) is 12.8 Å². The summed E-state index contributed by atoms with van der Waals surface area (Å²) in [6.45, 7) is 1.73. The van der Waals surface area contributed by atoms with Gasteiger partial charge in [-0.3, -0.25) is 0 Å². The molecule has 0 amide bonds. The van der Waals surface area contributed by atoms with Crippen molar-refractivity contribution in [1.82, 2.24) is 4.31 Å². The lowest BCUT2D eigenvalue weighted by molar-refractivity contribution is 0.0333. The summed E-state index contributed by atoms with van der Waals surface area (Å²) in [6, 6.07) is 2.93. The summed E-state index contributed by atoms with van der Waals surface area (Å²) in [6.07, 6.45) is 3.11. The van der Waals surface area contributed by atoms with Crippen molar-refractivity contribution in [1.29, 1.82) is 0 Å². The highest BCUT2D eigenvalue weighted by Gasteiger charge is 2.36. The Hall–Kier alpha value is -0.820. The highest BCUT2D eigenvalue weighted by molar-refractivity contribution is 7.89. The van der Waals surface area contributed by atoms with Gasteiger partial charge in [0.15, 0.2) is 0 Å². The molecule has 1 fully saturated rings. The molecule has 0 saturated heterocycles. The zero-order valence-corrected chi connectivity index (χ0v) is 13.8. The topological polar surface area (TPSA) is 83.6 Å². The molecule has 21 heavy (non-hydrogen) atoms. The minimum Gasteiger partial charge on any atom is -0.398 e. The smallest absolute Gasteiger partial charge is 0.243 e. The quantitative estimate of drug-likeness (QED) is 0.827. The van der Waals surface area contributed by atoms with Crippen LogP contribution in [0.25, 0.3) is 0 Å². The molecule has 1 saturated carbocycles. The van der Waals surface area contributed by atoms with Crippen LogP contribution in [0.15, 0.2) is 17.0 Å². The lowest BCUT2D eigenvalue weighted by Crippen LogP contribution is -2.42. The van der Waals surface area contributed by atoms with Gasteiger partial charge in [0.1, 0.15) is 0 Å². The molecule has 0 spiro atoms. The van der Waals surface area contributed by atoms with E-state index >= 15 is 0 Å². The van der Waals surface area contributed by atoms with E-state index in [1.165, 1.54) is 23.5 Å². The van der Waals surface area contributed by atoms with Crippen LogP contribution in [0.3, 0.4) is 0 Å². The number of nitrogens with zero attached hydrogens (tertiary/aromatic N) is 1. The number of halogens is 1. The molecule has 3 N–H and O–H groups in total. The minimum atomic E-state index is -3.73. The number of aliphatic hydroxyl groups is 1. The first-order chi connectivity index (χ1) is 9.66. The van der Waals surface area contributed by atoms with Crippen molar-refractivity contribution in [2.75, 3.05) is 19.3 Å². The van der Waals surface area contributed by atoms with E-state index in [9.17, 15) is 13.5 Å². The Morgan fingerprint density at radius 2 is 1.95 bits per heavy atom. The van der Waals surface area contributed by atoms with Crippen molar-refractivity contribution < 1.29 is 13.5 Å². The molecular formula is C14H21ClN2O3S. The molecule has 0 radical (unpaired) electrons. The molecule has 5 nitrogen and oxygen atoms in total. The fraction of sp³-hybridized carbons (Fsp3) is 0.571. The van der Waals surface area contributed by atoms with Crippen LogP contribution < -0.4 is 5.73 Å². The number of rotatable bonds is 4. The van der Waals surface area contributed by atoms with E-state index in [-0.39, 0.29) is 16.5 Å². The Bertz CT molecular complexity index is 640. The van der Waals surface area contributed by atoms with Gasteiger partial charge in [0.05, 0.1) is 10.5 Å². The van der Waals surface area contributed by atoms with Crippen LogP contribution in [0.1, 0.15) is 31.2 Å². The Kier molecular flexibility index (Phi) is 4.54. The molecule has 1 aromatic rings. The number of hydrogen-bond acceptors (Lipinski definition) is 4. The van der Waals surface area contributed by atoms with Crippen LogP contribution in [0.4, 0.5) is 5.69 Å². The third-order valence-corrected chi connectivity index (χ3v) is 6.25. The Balaban J connectivity index is 2.33. The average molecular weight is 333 g/mol. The Morgan fingerprint density at radius 3 is 2.52 bits per heavy atom. The fourth-order valence-electron chi connectivity index (χ4n) is 2.80. The SMILES string of the molecule is Cc1c(N)cc(Cl)cc1S(=O)(=O)N(C)CC1(O)CCCC1. The van der Waals surface area contributed by atoms with Gasteiger partial charge in [-0.1, -0.05) is 24.4 Å². The number of nitrogen functional groups attached to an aromatic ring is 1. The molecule has 7 heteroatoms. The summed E-state index contributed by atoms with van der Waals surface area (Å²) in [5.41, 5.74) is 5.68. The van der Waals surface area contributed by atoms with Crippen LogP contribution in [-0.2, 0) is 10.0 Å². The van der Waals surface area contributed by atoms with Gasteiger partial charge in [0, 0.05) is 24.3 Å². The van der Waals surface area contributed by atoms with Gasteiger partial charge in [-0.2, -0.15) is 4.31 Å². The van der Waals surface area contributed by atoms with E-state index < -0.39 is 15.6 Å². The van der Waals surface area contributed by atoms with E-state index in [0.29, 0.717) is 24.1 Å². The first-order valence-electron chi connectivity index (χ1n) is 6.90. The van der Waals surface area contributed by atoms with Crippen LogP contribution in [0, 0.1) is 6.92 Å². The van der Waals surface area contributed by atoms with Gasteiger partial charge >= 0.3 is 0 Å². The number of benzene rings is 1. The van der Waals surface area contributed by atoms with Crippen LogP contribution in [0.5, 0.6) is 0 Å².